The molecule has 0 spiro atoms. The summed E-state index contributed by atoms with van der Waals surface area (Å²) in [7, 11) is 0. The lowest BCUT2D eigenvalue weighted by Crippen LogP contribution is -2.20. The first-order chi connectivity index (χ1) is 13.3. The molecule has 0 radical (unpaired) electrons. The van der Waals surface area contributed by atoms with Crippen LogP contribution in [0.1, 0.15) is 17.1 Å². The Kier molecular flexibility index (Phi) is 4.33. The molecule has 10 heteroatoms. The summed E-state index contributed by atoms with van der Waals surface area (Å²) in [6, 6.07) is 6.25. The lowest BCUT2D eigenvalue weighted by Gasteiger charge is -2.11. The van der Waals surface area contributed by atoms with Gasteiger partial charge in [0.2, 0.25) is 0 Å². The third-order valence-corrected chi connectivity index (χ3v) is 4.10. The summed E-state index contributed by atoms with van der Waals surface area (Å²) in [5, 5.41) is 3.83. The molecule has 0 atom stereocenters. The predicted molar refractivity (Wildman–Crippen MR) is 92.0 cm³/mol. The highest BCUT2D eigenvalue weighted by molar-refractivity contribution is 5.55. The molecular formula is C18H14F4N6. The minimum absolute atomic E-state index is 0.0137. The van der Waals surface area contributed by atoms with Gasteiger partial charge in [0.05, 0.1) is 5.69 Å². The fourth-order valence-electron chi connectivity index (χ4n) is 2.97. The Morgan fingerprint density at radius 3 is 2.64 bits per heavy atom. The zero-order valence-electron chi connectivity index (χ0n) is 14.7. The number of hydrogen-bond acceptors (Lipinski definition) is 4. The first kappa shape index (κ1) is 18.1. The number of halogens is 4. The van der Waals surface area contributed by atoms with Crippen LogP contribution in [0.2, 0.25) is 0 Å². The minimum Gasteiger partial charge on any atom is -0.303 e. The minimum atomic E-state index is -4.45. The molecule has 0 saturated carbocycles. The van der Waals surface area contributed by atoms with Crippen LogP contribution in [0.15, 0.2) is 42.9 Å². The molecule has 3 heterocycles. The molecule has 144 valence electrons. The molecule has 0 fully saturated rings. The van der Waals surface area contributed by atoms with Gasteiger partial charge in [0, 0.05) is 25.0 Å². The quantitative estimate of drug-likeness (QED) is 0.500. The highest BCUT2D eigenvalue weighted by Crippen LogP contribution is 2.24. The van der Waals surface area contributed by atoms with Crippen LogP contribution in [0, 0.1) is 12.7 Å². The summed E-state index contributed by atoms with van der Waals surface area (Å²) < 4.78 is 55.2. The van der Waals surface area contributed by atoms with Crippen molar-refractivity contribution in [3.05, 3.63) is 65.8 Å². The van der Waals surface area contributed by atoms with Gasteiger partial charge in [-0.05, 0) is 18.6 Å². The van der Waals surface area contributed by atoms with E-state index in [0.29, 0.717) is 16.9 Å². The molecule has 0 saturated heterocycles. The summed E-state index contributed by atoms with van der Waals surface area (Å²) in [4.78, 5) is 12.8. The van der Waals surface area contributed by atoms with Gasteiger partial charge in [0.25, 0.3) is 0 Å². The van der Waals surface area contributed by atoms with Crippen LogP contribution in [-0.2, 0) is 13.0 Å². The molecule has 0 bridgehead atoms. The second kappa shape index (κ2) is 6.70. The van der Waals surface area contributed by atoms with Gasteiger partial charge >= 0.3 is 6.18 Å². The number of alkyl halides is 3. The van der Waals surface area contributed by atoms with Crippen LogP contribution in [0.4, 0.5) is 17.6 Å². The Labute approximate surface area is 156 Å². The second-order valence-corrected chi connectivity index (χ2v) is 6.25. The van der Waals surface area contributed by atoms with Gasteiger partial charge in [-0.2, -0.15) is 18.3 Å². The van der Waals surface area contributed by atoms with Crippen molar-refractivity contribution in [2.45, 2.75) is 26.1 Å². The largest absolute Gasteiger partial charge is 0.408 e. The second-order valence-electron chi connectivity index (χ2n) is 6.25. The maximum Gasteiger partial charge on any atom is 0.408 e. The molecule has 0 aliphatic rings. The van der Waals surface area contributed by atoms with Gasteiger partial charge in [-0.25, -0.2) is 24.0 Å². The van der Waals surface area contributed by atoms with Gasteiger partial charge in [0.1, 0.15) is 23.9 Å². The predicted octanol–water partition coefficient (Wildman–Crippen LogP) is 3.59. The number of nitrogens with zero attached hydrogens (tertiary/aromatic N) is 6. The van der Waals surface area contributed by atoms with Crippen LogP contribution in [-0.4, -0.2) is 35.3 Å². The molecule has 0 aliphatic carbocycles. The maximum absolute atomic E-state index is 14.1. The molecule has 0 aliphatic heterocycles. The van der Waals surface area contributed by atoms with Gasteiger partial charge in [-0.1, -0.05) is 18.2 Å². The Morgan fingerprint density at radius 2 is 1.89 bits per heavy atom. The Balaban J connectivity index is 1.83. The number of benzene rings is 1. The first-order valence-electron chi connectivity index (χ1n) is 8.35. The van der Waals surface area contributed by atoms with Crippen molar-refractivity contribution in [2.24, 2.45) is 0 Å². The number of hydrogen-bond donors (Lipinski definition) is 0. The van der Waals surface area contributed by atoms with E-state index in [1.165, 1.54) is 25.4 Å². The van der Waals surface area contributed by atoms with Crippen molar-refractivity contribution in [3.63, 3.8) is 0 Å². The molecular weight excluding hydrogens is 376 g/mol. The lowest BCUT2D eigenvalue weighted by atomic mass is 10.1. The molecule has 6 nitrogen and oxygen atoms in total. The van der Waals surface area contributed by atoms with E-state index in [-0.39, 0.29) is 23.8 Å². The standard InChI is InChI=1S/C18H14F4N6/c1-11-24-17(28(26-11)10-18(20,21)22)15-9-27-7-6-23-16(27)14(25-15)8-12-4-2-3-5-13(12)19/h2-7,9H,8,10H2,1H3. The topological polar surface area (TPSA) is 60.9 Å². The zero-order valence-corrected chi connectivity index (χ0v) is 14.7. The molecule has 0 N–H and O–H groups in total. The average molecular weight is 390 g/mol. The molecule has 28 heavy (non-hydrogen) atoms. The van der Waals surface area contributed by atoms with E-state index in [9.17, 15) is 17.6 Å². The van der Waals surface area contributed by atoms with E-state index in [0.717, 1.165) is 4.68 Å². The van der Waals surface area contributed by atoms with Crippen LogP contribution in [0.3, 0.4) is 0 Å². The van der Waals surface area contributed by atoms with E-state index < -0.39 is 18.5 Å². The molecule has 1 aromatic carbocycles. The van der Waals surface area contributed by atoms with Gasteiger partial charge in [-0.15, -0.1) is 0 Å². The summed E-state index contributed by atoms with van der Waals surface area (Å²) in [5.74, 6) is -0.210. The van der Waals surface area contributed by atoms with E-state index in [1.54, 1.807) is 28.8 Å². The number of rotatable bonds is 4. The molecule has 0 unspecified atom stereocenters. The molecule has 4 aromatic rings. The Bertz CT molecular complexity index is 1140. The van der Waals surface area contributed by atoms with E-state index in [1.807, 2.05) is 0 Å². The lowest BCUT2D eigenvalue weighted by molar-refractivity contribution is -0.142. The van der Waals surface area contributed by atoms with Crippen molar-refractivity contribution in [1.82, 2.24) is 29.1 Å². The van der Waals surface area contributed by atoms with Crippen LogP contribution >= 0.6 is 0 Å². The van der Waals surface area contributed by atoms with E-state index in [2.05, 4.69) is 20.1 Å². The van der Waals surface area contributed by atoms with Crippen molar-refractivity contribution in [2.75, 3.05) is 0 Å². The number of aromatic nitrogens is 6. The first-order valence-corrected chi connectivity index (χ1v) is 8.35. The van der Waals surface area contributed by atoms with Crippen molar-refractivity contribution < 1.29 is 17.6 Å². The fourth-order valence-corrected chi connectivity index (χ4v) is 2.97. The van der Waals surface area contributed by atoms with Gasteiger partial charge in [-0.3, -0.25) is 0 Å². The smallest absolute Gasteiger partial charge is 0.303 e. The zero-order chi connectivity index (χ0) is 19.9. The summed E-state index contributed by atoms with van der Waals surface area (Å²) >= 11 is 0. The Morgan fingerprint density at radius 1 is 1.11 bits per heavy atom. The number of imidazole rings is 1. The number of aryl methyl sites for hydroxylation is 1. The highest BCUT2D eigenvalue weighted by Gasteiger charge is 2.31. The monoisotopic (exact) mass is 390 g/mol. The van der Waals surface area contributed by atoms with Crippen molar-refractivity contribution in [3.8, 4) is 11.5 Å². The van der Waals surface area contributed by atoms with Gasteiger partial charge in [0.15, 0.2) is 11.5 Å². The summed E-state index contributed by atoms with van der Waals surface area (Å²) in [6.45, 7) is 0.224. The summed E-state index contributed by atoms with van der Waals surface area (Å²) in [6.07, 6.45) is 0.390. The Hall–Kier alpha value is -3.30. The van der Waals surface area contributed by atoms with Crippen LogP contribution in [0.25, 0.3) is 17.2 Å². The third kappa shape index (κ3) is 3.57. The third-order valence-electron chi connectivity index (χ3n) is 4.10. The average Bonchev–Trinajstić information content (AvgIpc) is 3.21. The van der Waals surface area contributed by atoms with Crippen LogP contribution in [0.5, 0.6) is 0 Å². The fraction of sp³-hybridized carbons (Fsp3) is 0.222. The van der Waals surface area contributed by atoms with Crippen LogP contribution < -0.4 is 0 Å². The van der Waals surface area contributed by atoms with E-state index in [4.69, 9.17) is 0 Å². The van der Waals surface area contributed by atoms with Crippen molar-refractivity contribution >= 4 is 5.65 Å². The molecule has 0 amide bonds. The summed E-state index contributed by atoms with van der Waals surface area (Å²) in [5.41, 5.74) is 1.52. The SMILES string of the molecule is Cc1nc(-c2cn3ccnc3c(Cc3ccccc3F)n2)n(CC(F)(F)F)n1. The van der Waals surface area contributed by atoms with Crippen molar-refractivity contribution in [1.29, 1.82) is 0 Å². The van der Waals surface area contributed by atoms with E-state index >= 15 is 0 Å². The maximum atomic E-state index is 14.1. The van der Waals surface area contributed by atoms with Gasteiger partial charge < -0.3 is 4.40 Å². The normalized spacial score (nSPS) is 12.0. The highest BCUT2D eigenvalue weighted by atomic mass is 19.4. The number of fused-ring (bicyclic) bond motifs is 1. The molecule has 4 rings (SSSR count). The molecule has 3 aromatic heterocycles.